The summed E-state index contributed by atoms with van der Waals surface area (Å²) in [7, 11) is 0. The van der Waals surface area contributed by atoms with Gasteiger partial charge >= 0.3 is 18.2 Å². The number of ether oxygens (including phenoxy) is 4. The summed E-state index contributed by atoms with van der Waals surface area (Å²) in [6.07, 6.45) is -1.01. The Balaban J connectivity index is 2.97. The molecule has 190 valence electrons. The molecule has 3 atom stereocenters. The van der Waals surface area contributed by atoms with E-state index in [1.165, 1.54) is 6.92 Å². The number of nitrogens with zero attached hydrogens (tertiary/aromatic N) is 1. The predicted octanol–water partition coefficient (Wildman–Crippen LogP) is 5.64. The van der Waals surface area contributed by atoms with E-state index >= 15 is 0 Å². The SMILES string of the molecule is C=CC[C@@H](OCc1ccccc1)[C@H](C)OC(=O)[C@H](C)N(C(=O)OC(C)(C)C)C(=O)OC(C)(C)C. The first-order valence-corrected chi connectivity index (χ1v) is 11.4. The molecule has 0 saturated carbocycles. The second kappa shape index (κ2) is 12.6. The molecule has 0 N–H and O–H groups in total. The first-order valence-electron chi connectivity index (χ1n) is 11.4. The number of hydrogen-bond acceptors (Lipinski definition) is 7. The molecule has 0 aliphatic heterocycles. The second-order valence-electron chi connectivity index (χ2n) is 10.0. The molecule has 0 saturated heterocycles. The van der Waals surface area contributed by atoms with Crippen molar-refractivity contribution in [3.63, 3.8) is 0 Å². The Kier molecular flexibility index (Phi) is 10.8. The zero-order chi connectivity index (χ0) is 26.1. The van der Waals surface area contributed by atoms with E-state index < -0.39 is 47.6 Å². The van der Waals surface area contributed by atoms with Crippen molar-refractivity contribution in [2.45, 2.75) is 97.9 Å². The van der Waals surface area contributed by atoms with E-state index in [-0.39, 0.29) is 0 Å². The number of carbonyl (C=O) groups excluding carboxylic acids is 3. The van der Waals surface area contributed by atoms with Gasteiger partial charge in [0.2, 0.25) is 0 Å². The maximum atomic E-state index is 13.0. The van der Waals surface area contributed by atoms with Crippen LogP contribution < -0.4 is 0 Å². The number of amides is 2. The highest BCUT2D eigenvalue weighted by molar-refractivity contribution is 5.94. The Bertz CT molecular complexity index is 796. The van der Waals surface area contributed by atoms with Gasteiger partial charge < -0.3 is 18.9 Å². The summed E-state index contributed by atoms with van der Waals surface area (Å²) in [4.78, 5) is 39.1. The first kappa shape index (κ1) is 29.2. The Morgan fingerprint density at radius 3 is 1.88 bits per heavy atom. The van der Waals surface area contributed by atoms with E-state index in [1.807, 2.05) is 30.3 Å². The number of imide groups is 1. The maximum Gasteiger partial charge on any atom is 0.420 e. The van der Waals surface area contributed by atoms with E-state index in [1.54, 1.807) is 54.5 Å². The van der Waals surface area contributed by atoms with Gasteiger partial charge in [-0.05, 0) is 67.4 Å². The van der Waals surface area contributed by atoms with Crippen molar-refractivity contribution in [1.82, 2.24) is 4.90 Å². The minimum Gasteiger partial charge on any atom is -0.458 e. The Labute approximate surface area is 203 Å². The molecule has 0 aliphatic rings. The topological polar surface area (TPSA) is 91.4 Å². The van der Waals surface area contributed by atoms with Crippen LogP contribution in [0.3, 0.4) is 0 Å². The summed E-state index contributed by atoms with van der Waals surface area (Å²) in [5, 5.41) is 0. The number of rotatable bonds is 9. The van der Waals surface area contributed by atoms with Crippen molar-refractivity contribution in [2.24, 2.45) is 0 Å². The van der Waals surface area contributed by atoms with Crippen molar-refractivity contribution >= 4 is 18.2 Å². The summed E-state index contributed by atoms with van der Waals surface area (Å²) < 4.78 is 22.2. The number of benzene rings is 1. The van der Waals surface area contributed by atoms with Crippen LogP contribution in [0.1, 0.15) is 67.4 Å². The molecule has 34 heavy (non-hydrogen) atoms. The fourth-order valence-electron chi connectivity index (χ4n) is 2.81. The fraction of sp³-hybridized carbons (Fsp3) is 0.577. The first-order chi connectivity index (χ1) is 15.6. The van der Waals surface area contributed by atoms with E-state index in [0.29, 0.717) is 17.9 Å². The molecule has 0 bridgehead atoms. The Hall–Kier alpha value is -2.87. The highest BCUT2D eigenvalue weighted by atomic mass is 16.6. The molecule has 8 heteroatoms. The van der Waals surface area contributed by atoms with Crippen molar-refractivity contribution in [3.8, 4) is 0 Å². The second-order valence-corrected chi connectivity index (χ2v) is 10.0. The van der Waals surface area contributed by atoms with Gasteiger partial charge in [-0.15, -0.1) is 6.58 Å². The van der Waals surface area contributed by atoms with Crippen LogP contribution in [-0.2, 0) is 30.3 Å². The normalized spacial score (nSPS) is 14.4. The molecule has 0 unspecified atom stereocenters. The van der Waals surface area contributed by atoms with Gasteiger partial charge in [0.05, 0.1) is 12.7 Å². The van der Waals surface area contributed by atoms with Crippen molar-refractivity contribution in [2.75, 3.05) is 0 Å². The van der Waals surface area contributed by atoms with E-state index in [2.05, 4.69) is 6.58 Å². The molecule has 0 aromatic heterocycles. The number of carbonyl (C=O) groups is 3. The molecule has 1 rings (SSSR count). The largest absolute Gasteiger partial charge is 0.458 e. The summed E-state index contributed by atoms with van der Waals surface area (Å²) >= 11 is 0. The molecule has 0 aliphatic carbocycles. The van der Waals surface area contributed by atoms with Crippen LogP contribution in [0, 0.1) is 0 Å². The van der Waals surface area contributed by atoms with Crippen LogP contribution in [0.15, 0.2) is 43.0 Å². The molecule has 1 aromatic carbocycles. The average Bonchev–Trinajstić information content (AvgIpc) is 2.69. The third-order valence-corrected chi connectivity index (χ3v) is 4.44. The lowest BCUT2D eigenvalue weighted by Gasteiger charge is -2.32. The minimum absolute atomic E-state index is 0.332. The smallest absolute Gasteiger partial charge is 0.420 e. The number of hydrogen-bond donors (Lipinski definition) is 0. The van der Waals surface area contributed by atoms with E-state index in [4.69, 9.17) is 18.9 Å². The van der Waals surface area contributed by atoms with Crippen molar-refractivity contribution in [3.05, 3.63) is 48.6 Å². The van der Waals surface area contributed by atoms with Crippen LogP contribution in [0.2, 0.25) is 0 Å². The molecule has 0 fully saturated rings. The van der Waals surface area contributed by atoms with Gasteiger partial charge in [0.15, 0.2) is 0 Å². The van der Waals surface area contributed by atoms with Gasteiger partial charge in [0.25, 0.3) is 0 Å². The summed E-state index contributed by atoms with van der Waals surface area (Å²) in [5.74, 6) is -0.790. The van der Waals surface area contributed by atoms with Gasteiger partial charge in [-0.3, -0.25) is 0 Å². The third-order valence-electron chi connectivity index (χ3n) is 4.44. The molecule has 0 radical (unpaired) electrons. The zero-order valence-corrected chi connectivity index (χ0v) is 21.6. The average molecular weight is 478 g/mol. The Morgan fingerprint density at radius 2 is 1.44 bits per heavy atom. The van der Waals surface area contributed by atoms with Gasteiger partial charge in [-0.1, -0.05) is 36.4 Å². The summed E-state index contributed by atoms with van der Waals surface area (Å²) in [5.41, 5.74) is -0.784. The Morgan fingerprint density at radius 1 is 0.941 bits per heavy atom. The van der Waals surface area contributed by atoms with E-state index in [9.17, 15) is 14.4 Å². The lowest BCUT2D eigenvalue weighted by Crippen LogP contribution is -2.52. The lowest BCUT2D eigenvalue weighted by atomic mass is 10.1. The van der Waals surface area contributed by atoms with Crippen LogP contribution in [0.5, 0.6) is 0 Å². The standard InChI is InChI=1S/C26H39NO7/c1-10-14-21(31-17-20-15-12-11-13-16-20)19(3)32-22(28)18(2)27(23(29)33-25(4,5)6)24(30)34-26(7,8)9/h10-13,15-16,18-19,21H,1,14,17H2,2-9H3/t18-,19-,21+/m0/s1. The van der Waals surface area contributed by atoms with Crippen LogP contribution >= 0.6 is 0 Å². The van der Waals surface area contributed by atoms with Crippen molar-refractivity contribution < 1.29 is 33.3 Å². The molecule has 1 aromatic rings. The maximum absolute atomic E-state index is 13.0. The zero-order valence-electron chi connectivity index (χ0n) is 21.6. The van der Waals surface area contributed by atoms with Crippen LogP contribution in [-0.4, -0.2) is 52.5 Å². The molecule has 2 amide bonds. The number of esters is 1. The monoisotopic (exact) mass is 477 g/mol. The quantitative estimate of drug-likeness (QED) is 0.258. The molecule has 8 nitrogen and oxygen atoms in total. The molecule has 0 spiro atoms. The highest BCUT2D eigenvalue weighted by Crippen LogP contribution is 2.19. The lowest BCUT2D eigenvalue weighted by molar-refractivity contribution is -0.161. The van der Waals surface area contributed by atoms with Gasteiger partial charge in [0, 0.05) is 0 Å². The molecular weight excluding hydrogens is 438 g/mol. The third kappa shape index (κ3) is 10.4. The highest BCUT2D eigenvalue weighted by Gasteiger charge is 2.39. The minimum atomic E-state index is -1.29. The van der Waals surface area contributed by atoms with Crippen LogP contribution in [0.4, 0.5) is 9.59 Å². The van der Waals surface area contributed by atoms with E-state index in [0.717, 1.165) is 5.56 Å². The van der Waals surface area contributed by atoms with Crippen molar-refractivity contribution in [1.29, 1.82) is 0 Å². The van der Waals surface area contributed by atoms with Crippen LogP contribution in [0.25, 0.3) is 0 Å². The molecular formula is C26H39NO7. The predicted molar refractivity (Wildman–Crippen MR) is 129 cm³/mol. The van der Waals surface area contributed by atoms with Gasteiger partial charge in [-0.25, -0.2) is 14.4 Å². The summed E-state index contributed by atoms with van der Waals surface area (Å²) in [6, 6.07) is 8.32. The fourth-order valence-corrected chi connectivity index (χ4v) is 2.81. The molecule has 0 heterocycles. The van der Waals surface area contributed by atoms with Gasteiger partial charge in [0.1, 0.15) is 23.3 Å². The van der Waals surface area contributed by atoms with Gasteiger partial charge in [-0.2, -0.15) is 4.90 Å². The summed E-state index contributed by atoms with van der Waals surface area (Å²) in [6.45, 7) is 17.1.